The number of hydrogen-bond donors (Lipinski definition) is 1. The Labute approximate surface area is 153 Å². The van der Waals surface area contributed by atoms with Gasteiger partial charge in [-0.15, -0.1) is 11.3 Å². The summed E-state index contributed by atoms with van der Waals surface area (Å²) in [6, 6.07) is 6.59. The molecule has 1 saturated heterocycles. The molecule has 0 saturated carbocycles. The lowest BCUT2D eigenvalue weighted by molar-refractivity contribution is 0.0743. The summed E-state index contributed by atoms with van der Waals surface area (Å²) in [6.07, 6.45) is 1.58. The highest BCUT2D eigenvalue weighted by atomic mass is 35.5. The van der Waals surface area contributed by atoms with Crippen LogP contribution in [0.15, 0.2) is 36.0 Å². The number of thiophene rings is 1. The number of aromatic hydroxyl groups is 1. The molecule has 1 fully saturated rings. The Morgan fingerprint density at radius 2 is 1.96 bits per heavy atom. The molecule has 0 aliphatic carbocycles. The summed E-state index contributed by atoms with van der Waals surface area (Å²) in [6.45, 7) is 2.50. The second-order valence-corrected chi connectivity index (χ2v) is 7.11. The van der Waals surface area contributed by atoms with Crippen LogP contribution in [0.4, 0.5) is 5.82 Å². The van der Waals surface area contributed by atoms with Crippen molar-refractivity contribution in [1.82, 2.24) is 14.9 Å². The highest BCUT2D eigenvalue weighted by Gasteiger charge is 2.25. The molecule has 3 aromatic rings. The molecule has 1 aliphatic heterocycles. The number of benzene rings is 1. The van der Waals surface area contributed by atoms with Gasteiger partial charge in [-0.05, 0) is 29.6 Å². The number of anilines is 1. The lowest BCUT2D eigenvalue weighted by Gasteiger charge is -2.35. The summed E-state index contributed by atoms with van der Waals surface area (Å²) < 4.78 is 0. The average molecular weight is 375 g/mol. The maximum absolute atomic E-state index is 12.6. The number of carbonyl (C=O) groups is 1. The Balaban J connectivity index is 1.50. The van der Waals surface area contributed by atoms with Crippen molar-refractivity contribution in [2.45, 2.75) is 0 Å². The second kappa shape index (κ2) is 6.50. The van der Waals surface area contributed by atoms with Crippen LogP contribution in [0, 0.1) is 0 Å². The van der Waals surface area contributed by atoms with Crippen molar-refractivity contribution in [1.29, 1.82) is 0 Å². The van der Waals surface area contributed by atoms with E-state index in [2.05, 4.69) is 14.9 Å². The Morgan fingerprint density at radius 3 is 2.72 bits per heavy atom. The first-order valence-electron chi connectivity index (χ1n) is 7.84. The highest BCUT2D eigenvalue weighted by Crippen LogP contribution is 2.28. The quantitative estimate of drug-likeness (QED) is 0.746. The lowest BCUT2D eigenvalue weighted by atomic mass is 10.1. The summed E-state index contributed by atoms with van der Waals surface area (Å²) in [7, 11) is 0. The molecular formula is C17H15ClN4O2S. The minimum Gasteiger partial charge on any atom is -0.507 e. The molecule has 25 heavy (non-hydrogen) atoms. The first kappa shape index (κ1) is 16.1. The van der Waals surface area contributed by atoms with Gasteiger partial charge in [0.1, 0.15) is 22.7 Å². The molecule has 0 spiro atoms. The Hall–Kier alpha value is -2.38. The molecule has 128 valence electrons. The topological polar surface area (TPSA) is 69.6 Å². The number of hydrogen-bond acceptors (Lipinski definition) is 6. The van der Waals surface area contributed by atoms with Gasteiger partial charge in [-0.3, -0.25) is 4.79 Å². The number of halogens is 1. The molecule has 4 rings (SSSR count). The van der Waals surface area contributed by atoms with E-state index in [1.165, 1.54) is 6.07 Å². The van der Waals surface area contributed by atoms with Crippen LogP contribution in [-0.2, 0) is 0 Å². The smallest absolute Gasteiger partial charge is 0.257 e. The van der Waals surface area contributed by atoms with Crippen LogP contribution in [0.1, 0.15) is 10.4 Å². The fourth-order valence-electron chi connectivity index (χ4n) is 3.01. The van der Waals surface area contributed by atoms with Crippen LogP contribution in [0.3, 0.4) is 0 Å². The summed E-state index contributed by atoms with van der Waals surface area (Å²) in [5, 5.41) is 13.4. The number of piperazine rings is 1. The Bertz CT molecular complexity index is 937. The predicted octanol–water partition coefficient (Wildman–Crippen LogP) is 3.01. The number of amides is 1. The van der Waals surface area contributed by atoms with E-state index in [4.69, 9.17) is 11.6 Å². The van der Waals surface area contributed by atoms with Gasteiger partial charge in [0.2, 0.25) is 0 Å². The van der Waals surface area contributed by atoms with E-state index < -0.39 is 0 Å². The SMILES string of the molecule is O=C(c1ccc(Cl)cc1O)N1CCN(c2ncnc3sccc23)CC1. The van der Waals surface area contributed by atoms with Gasteiger partial charge < -0.3 is 14.9 Å². The molecule has 0 radical (unpaired) electrons. The summed E-state index contributed by atoms with van der Waals surface area (Å²) in [4.78, 5) is 26.2. The largest absolute Gasteiger partial charge is 0.507 e. The molecule has 1 N–H and O–H groups in total. The molecule has 0 bridgehead atoms. The number of phenols is 1. The van der Waals surface area contributed by atoms with Crippen LogP contribution >= 0.6 is 22.9 Å². The zero-order valence-corrected chi connectivity index (χ0v) is 14.8. The van der Waals surface area contributed by atoms with Gasteiger partial charge in [0.25, 0.3) is 5.91 Å². The van der Waals surface area contributed by atoms with Crippen molar-refractivity contribution in [3.63, 3.8) is 0 Å². The summed E-state index contributed by atoms with van der Waals surface area (Å²) >= 11 is 7.42. The number of carbonyl (C=O) groups excluding carboxylic acids is 1. The number of phenolic OH excluding ortho intramolecular Hbond substituents is 1. The number of nitrogens with zero attached hydrogens (tertiary/aromatic N) is 4. The molecular weight excluding hydrogens is 360 g/mol. The molecule has 6 nitrogen and oxygen atoms in total. The predicted molar refractivity (Wildman–Crippen MR) is 98.6 cm³/mol. The van der Waals surface area contributed by atoms with E-state index in [1.807, 2.05) is 11.4 Å². The molecule has 2 aromatic heterocycles. The van der Waals surface area contributed by atoms with Gasteiger partial charge in [-0.1, -0.05) is 11.6 Å². The molecule has 3 heterocycles. The minimum absolute atomic E-state index is 0.0873. The standard InChI is InChI=1S/C17H15ClN4O2S/c18-11-1-2-12(14(23)9-11)17(24)22-6-4-21(5-7-22)15-13-3-8-25-16(13)20-10-19-15/h1-3,8-10,23H,4-7H2. The van der Waals surface area contributed by atoms with Crippen LogP contribution in [-0.4, -0.2) is 52.1 Å². The van der Waals surface area contributed by atoms with E-state index >= 15 is 0 Å². The maximum Gasteiger partial charge on any atom is 0.257 e. The molecule has 8 heteroatoms. The molecule has 0 atom stereocenters. The summed E-state index contributed by atoms with van der Waals surface area (Å²) in [5.41, 5.74) is 0.278. The van der Waals surface area contributed by atoms with Crippen molar-refractivity contribution >= 4 is 44.9 Å². The molecule has 1 amide bonds. The third-order valence-corrected chi connectivity index (χ3v) is 5.35. The number of fused-ring (bicyclic) bond motifs is 1. The highest BCUT2D eigenvalue weighted by molar-refractivity contribution is 7.16. The van der Waals surface area contributed by atoms with Crippen LogP contribution in [0.25, 0.3) is 10.2 Å². The first-order chi connectivity index (χ1) is 12.1. The van der Waals surface area contributed by atoms with E-state index in [-0.39, 0.29) is 17.2 Å². The van der Waals surface area contributed by atoms with Crippen LogP contribution in [0.2, 0.25) is 5.02 Å². The monoisotopic (exact) mass is 374 g/mol. The third-order valence-electron chi connectivity index (χ3n) is 4.30. The van der Waals surface area contributed by atoms with Gasteiger partial charge in [0.05, 0.1) is 10.9 Å². The first-order valence-corrected chi connectivity index (χ1v) is 9.10. The summed E-state index contributed by atoms with van der Waals surface area (Å²) in [5.74, 6) is 0.639. The van der Waals surface area contributed by atoms with Crippen LogP contribution in [0.5, 0.6) is 5.75 Å². The van der Waals surface area contributed by atoms with Gasteiger partial charge in [-0.2, -0.15) is 0 Å². The second-order valence-electron chi connectivity index (χ2n) is 5.78. The average Bonchev–Trinajstić information content (AvgIpc) is 3.10. The third kappa shape index (κ3) is 3.01. The van der Waals surface area contributed by atoms with Crippen molar-refractivity contribution in [2.24, 2.45) is 0 Å². The van der Waals surface area contributed by atoms with E-state index in [0.717, 1.165) is 16.0 Å². The zero-order valence-electron chi connectivity index (χ0n) is 13.2. The van der Waals surface area contributed by atoms with E-state index in [1.54, 1.807) is 34.7 Å². The Morgan fingerprint density at radius 1 is 1.16 bits per heavy atom. The van der Waals surface area contributed by atoms with Gasteiger partial charge in [0.15, 0.2) is 0 Å². The van der Waals surface area contributed by atoms with Gasteiger partial charge >= 0.3 is 0 Å². The van der Waals surface area contributed by atoms with Crippen molar-refractivity contribution in [2.75, 3.05) is 31.1 Å². The lowest BCUT2D eigenvalue weighted by Crippen LogP contribution is -2.49. The molecule has 1 aliphatic rings. The minimum atomic E-state index is -0.183. The zero-order chi connectivity index (χ0) is 17.4. The maximum atomic E-state index is 12.6. The van der Waals surface area contributed by atoms with Crippen molar-refractivity contribution in [3.8, 4) is 5.75 Å². The van der Waals surface area contributed by atoms with Crippen LogP contribution < -0.4 is 4.90 Å². The molecule has 0 unspecified atom stereocenters. The number of rotatable bonds is 2. The van der Waals surface area contributed by atoms with Gasteiger partial charge in [0, 0.05) is 31.2 Å². The fourth-order valence-corrected chi connectivity index (χ4v) is 3.90. The van der Waals surface area contributed by atoms with E-state index in [0.29, 0.717) is 31.2 Å². The molecule has 1 aromatic carbocycles. The number of aromatic nitrogens is 2. The van der Waals surface area contributed by atoms with Crippen molar-refractivity contribution < 1.29 is 9.90 Å². The van der Waals surface area contributed by atoms with E-state index in [9.17, 15) is 9.90 Å². The van der Waals surface area contributed by atoms with Crippen molar-refractivity contribution in [3.05, 3.63) is 46.6 Å². The Kier molecular flexibility index (Phi) is 4.19. The van der Waals surface area contributed by atoms with Gasteiger partial charge in [-0.25, -0.2) is 9.97 Å². The normalized spacial score (nSPS) is 14.9. The fraction of sp³-hybridized carbons (Fsp3) is 0.235.